The average molecular weight is 114 g/mol. The quantitative estimate of drug-likeness (QED) is 0.510. The summed E-state index contributed by atoms with van der Waals surface area (Å²) in [7, 11) is 0. The minimum atomic E-state index is -0.882. The molecule has 2 heteroatoms. The van der Waals surface area contributed by atoms with Crippen molar-refractivity contribution in [2.24, 2.45) is 0 Å². The lowest BCUT2D eigenvalue weighted by Crippen LogP contribution is -2.20. The molecule has 0 heterocycles. The summed E-state index contributed by atoms with van der Waals surface area (Å²) >= 11 is 0. The molecule has 0 aliphatic carbocycles. The minimum Gasteiger partial charge on any atom is -0.386 e. The Balaban J connectivity index is 3.60. The van der Waals surface area contributed by atoms with E-state index in [0.717, 1.165) is 0 Å². The topological polar surface area (TPSA) is 40.5 Å². The second-order valence-electron chi connectivity index (χ2n) is 1.45. The molecule has 0 aliphatic rings. The van der Waals surface area contributed by atoms with Crippen molar-refractivity contribution < 1.29 is 10.2 Å². The first-order valence-corrected chi connectivity index (χ1v) is 2.33. The molecule has 0 bridgehead atoms. The molecule has 0 aromatic heterocycles. The maximum atomic E-state index is 8.69. The molecule has 0 saturated carbocycles. The minimum absolute atomic E-state index is 0.882. The Kier molecular flexibility index (Phi) is 3.15. The molecule has 0 saturated heterocycles. The smallest absolute Gasteiger partial charge is 0.101 e. The van der Waals surface area contributed by atoms with E-state index in [4.69, 9.17) is 10.2 Å². The zero-order valence-electron chi connectivity index (χ0n) is 4.62. The number of hydrogen-bond acceptors (Lipinski definition) is 2. The van der Waals surface area contributed by atoms with Crippen molar-refractivity contribution in [1.29, 1.82) is 0 Å². The van der Waals surface area contributed by atoms with E-state index in [1.807, 2.05) is 0 Å². The lowest BCUT2D eigenvalue weighted by Gasteiger charge is -2.06. The maximum absolute atomic E-state index is 8.69. The van der Waals surface area contributed by atoms with E-state index in [2.05, 4.69) is 13.2 Å². The normalized spacial score (nSPS) is 16.8. The third-order valence-electron chi connectivity index (χ3n) is 0.833. The summed E-state index contributed by atoms with van der Waals surface area (Å²) in [4.78, 5) is 0. The summed E-state index contributed by atoms with van der Waals surface area (Å²) in [5.74, 6) is 0. The molecule has 2 nitrogen and oxygen atoms in total. The Labute approximate surface area is 48.8 Å². The van der Waals surface area contributed by atoms with Crippen LogP contribution < -0.4 is 0 Å². The van der Waals surface area contributed by atoms with Gasteiger partial charge in [-0.05, 0) is 0 Å². The molecule has 0 aliphatic heterocycles. The molecule has 46 valence electrons. The molecule has 0 rings (SSSR count). The largest absolute Gasteiger partial charge is 0.386 e. The monoisotopic (exact) mass is 114 g/mol. The van der Waals surface area contributed by atoms with Crippen LogP contribution in [0.25, 0.3) is 0 Å². The summed E-state index contributed by atoms with van der Waals surface area (Å²) in [6.45, 7) is 6.54. The third kappa shape index (κ3) is 1.91. The van der Waals surface area contributed by atoms with Crippen molar-refractivity contribution in [2.45, 2.75) is 12.2 Å². The van der Waals surface area contributed by atoms with Crippen molar-refractivity contribution in [3.63, 3.8) is 0 Å². The van der Waals surface area contributed by atoms with Gasteiger partial charge in [-0.3, -0.25) is 0 Å². The number of aliphatic hydroxyl groups is 2. The van der Waals surface area contributed by atoms with Crippen molar-refractivity contribution >= 4 is 0 Å². The van der Waals surface area contributed by atoms with E-state index in [0.29, 0.717) is 0 Å². The van der Waals surface area contributed by atoms with Crippen LogP contribution in [0.1, 0.15) is 0 Å². The summed E-state index contributed by atoms with van der Waals surface area (Å²) in [6, 6.07) is 0. The highest BCUT2D eigenvalue weighted by atomic mass is 16.3. The van der Waals surface area contributed by atoms with Crippen molar-refractivity contribution in [3.8, 4) is 0 Å². The molecule has 0 amide bonds. The van der Waals surface area contributed by atoms with Crippen LogP contribution in [0.5, 0.6) is 0 Å². The summed E-state index contributed by atoms with van der Waals surface area (Å²) in [6.07, 6.45) is 0.749. The lowest BCUT2D eigenvalue weighted by atomic mass is 10.2. The van der Waals surface area contributed by atoms with Gasteiger partial charge in [-0.1, -0.05) is 12.2 Å². The van der Waals surface area contributed by atoms with Crippen molar-refractivity contribution in [1.82, 2.24) is 0 Å². The van der Waals surface area contributed by atoms with Gasteiger partial charge >= 0.3 is 0 Å². The maximum Gasteiger partial charge on any atom is 0.101 e. The first-order chi connectivity index (χ1) is 3.72. The standard InChI is InChI=1S/C6H10O2/c1-3-5(7)6(8)4-2/h3-8H,1-2H2. The molecule has 2 N–H and O–H groups in total. The molecule has 0 fully saturated rings. The SMILES string of the molecule is C=CC(O)C(O)C=C. The van der Waals surface area contributed by atoms with Crippen LogP contribution in [0.15, 0.2) is 25.3 Å². The molecular formula is C6H10O2. The Morgan fingerprint density at radius 1 is 1.00 bits per heavy atom. The van der Waals surface area contributed by atoms with Gasteiger partial charge in [0.25, 0.3) is 0 Å². The van der Waals surface area contributed by atoms with Crippen LogP contribution in [-0.4, -0.2) is 22.4 Å². The Bertz CT molecular complexity index is 76.5. The third-order valence-corrected chi connectivity index (χ3v) is 0.833. The predicted molar refractivity (Wildman–Crippen MR) is 32.4 cm³/mol. The second kappa shape index (κ2) is 3.41. The van der Waals surface area contributed by atoms with Gasteiger partial charge in [0.15, 0.2) is 0 Å². The van der Waals surface area contributed by atoms with Crippen LogP contribution in [0, 0.1) is 0 Å². The van der Waals surface area contributed by atoms with Crippen LogP contribution in [0.4, 0.5) is 0 Å². The lowest BCUT2D eigenvalue weighted by molar-refractivity contribution is 0.0813. The van der Waals surface area contributed by atoms with Gasteiger partial charge in [-0.15, -0.1) is 13.2 Å². The molecule has 0 aromatic rings. The Morgan fingerprint density at radius 3 is 1.38 bits per heavy atom. The van der Waals surface area contributed by atoms with Crippen molar-refractivity contribution in [2.75, 3.05) is 0 Å². The van der Waals surface area contributed by atoms with Gasteiger partial charge in [-0.25, -0.2) is 0 Å². The zero-order valence-corrected chi connectivity index (χ0v) is 4.62. The fourth-order valence-electron chi connectivity index (χ4n) is 0.279. The highest BCUT2D eigenvalue weighted by Gasteiger charge is 2.05. The molecule has 2 unspecified atom stereocenters. The van der Waals surface area contributed by atoms with Crippen LogP contribution in [0.2, 0.25) is 0 Å². The van der Waals surface area contributed by atoms with Crippen molar-refractivity contribution in [3.05, 3.63) is 25.3 Å². The summed E-state index contributed by atoms with van der Waals surface area (Å²) < 4.78 is 0. The van der Waals surface area contributed by atoms with Crippen LogP contribution in [-0.2, 0) is 0 Å². The van der Waals surface area contributed by atoms with E-state index in [-0.39, 0.29) is 0 Å². The summed E-state index contributed by atoms with van der Waals surface area (Å²) in [5, 5.41) is 17.4. The highest BCUT2D eigenvalue weighted by molar-refractivity contribution is 4.93. The number of hydrogen-bond donors (Lipinski definition) is 2. The van der Waals surface area contributed by atoms with E-state index in [1.54, 1.807) is 0 Å². The first kappa shape index (κ1) is 7.40. The van der Waals surface area contributed by atoms with Gasteiger partial charge in [-0.2, -0.15) is 0 Å². The average Bonchev–Trinajstić information content (AvgIpc) is 1.84. The molecule has 0 aromatic carbocycles. The van der Waals surface area contributed by atoms with E-state index in [1.165, 1.54) is 12.2 Å². The van der Waals surface area contributed by atoms with E-state index < -0.39 is 12.2 Å². The Hall–Kier alpha value is -0.600. The molecular weight excluding hydrogens is 104 g/mol. The fourth-order valence-corrected chi connectivity index (χ4v) is 0.279. The molecule has 8 heavy (non-hydrogen) atoms. The van der Waals surface area contributed by atoms with Crippen LogP contribution in [0.3, 0.4) is 0 Å². The second-order valence-corrected chi connectivity index (χ2v) is 1.45. The van der Waals surface area contributed by atoms with Gasteiger partial charge < -0.3 is 10.2 Å². The highest BCUT2D eigenvalue weighted by Crippen LogP contribution is 1.92. The number of aliphatic hydroxyl groups excluding tert-OH is 2. The summed E-state index contributed by atoms with van der Waals surface area (Å²) in [5.41, 5.74) is 0. The molecule has 0 radical (unpaired) electrons. The number of rotatable bonds is 3. The van der Waals surface area contributed by atoms with Gasteiger partial charge in [0.05, 0.1) is 0 Å². The molecule has 2 atom stereocenters. The van der Waals surface area contributed by atoms with Crippen LogP contribution >= 0.6 is 0 Å². The molecule has 0 spiro atoms. The van der Waals surface area contributed by atoms with E-state index in [9.17, 15) is 0 Å². The fraction of sp³-hybridized carbons (Fsp3) is 0.333. The van der Waals surface area contributed by atoms with E-state index >= 15 is 0 Å². The first-order valence-electron chi connectivity index (χ1n) is 2.33. The van der Waals surface area contributed by atoms with Gasteiger partial charge in [0.1, 0.15) is 12.2 Å². The van der Waals surface area contributed by atoms with Gasteiger partial charge in [0.2, 0.25) is 0 Å². The van der Waals surface area contributed by atoms with Gasteiger partial charge in [0, 0.05) is 0 Å². The predicted octanol–water partition coefficient (Wildman–Crippen LogP) is 0.0802. The Morgan fingerprint density at radius 2 is 1.25 bits per heavy atom. The zero-order chi connectivity index (χ0) is 6.57.